The first-order valence-corrected chi connectivity index (χ1v) is 24.6. The molecular weight excluding hydrogens is 1040 g/mol. The van der Waals surface area contributed by atoms with Gasteiger partial charge in [0.2, 0.25) is 0 Å². The van der Waals surface area contributed by atoms with E-state index >= 15 is 0 Å². The second-order valence-electron chi connectivity index (χ2n) is 16.4. The van der Waals surface area contributed by atoms with Crippen molar-refractivity contribution in [2.75, 3.05) is 215 Å². The lowest BCUT2D eigenvalue weighted by Gasteiger charge is -2.48. The van der Waals surface area contributed by atoms with E-state index in [1.807, 2.05) is 0 Å². The Morgan fingerprint density at radius 3 is 0.407 bits per heavy atom. The number of methoxy groups -OCH3 is 8. The molecule has 0 radical (unpaired) electrons. The lowest BCUT2D eigenvalue weighted by molar-refractivity contribution is -0.0433. The van der Waals surface area contributed by atoms with Crippen LogP contribution in [0, 0.1) is 41.4 Å². The molecule has 0 N–H and O–H groups in total. The van der Waals surface area contributed by atoms with Gasteiger partial charge in [0.15, 0.2) is 0 Å². The van der Waals surface area contributed by atoms with Crippen LogP contribution in [0.5, 0.6) is 0 Å². The lowest BCUT2D eigenvalue weighted by Crippen LogP contribution is -2.43. The van der Waals surface area contributed by atoms with Crippen molar-refractivity contribution >= 4 is 0 Å². The summed E-state index contributed by atoms with van der Waals surface area (Å²) < 4.78 is 93.1. The van der Waals surface area contributed by atoms with Gasteiger partial charge in [0.25, 0.3) is 0 Å². The summed E-state index contributed by atoms with van der Waals surface area (Å²) in [7, 11) is 13.7. The molecule has 0 spiro atoms. The molecule has 0 aliphatic carbocycles. The van der Waals surface area contributed by atoms with E-state index in [1.54, 1.807) is 56.9 Å². The van der Waals surface area contributed by atoms with Gasteiger partial charge in [-0.2, -0.15) is 0 Å². The Balaban J connectivity index is -0.000000171. The van der Waals surface area contributed by atoms with Gasteiger partial charge >= 0.3 is 0 Å². The highest BCUT2D eigenvalue weighted by Gasteiger charge is 2.43. The molecule has 0 aliphatic rings. The van der Waals surface area contributed by atoms with Crippen LogP contribution >= 0.6 is 0 Å². The van der Waals surface area contributed by atoms with Gasteiger partial charge in [0.1, 0.15) is 0 Å². The zero-order valence-corrected chi connectivity index (χ0v) is 42.9. The third-order valence-corrected chi connectivity index (χ3v) is 12.2. The van der Waals surface area contributed by atoms with Crippen LogP contribution in [-0.2, 0) is 75.8 Å². The highest BCUT2D eigenvalue weighted by molar-refractivity contribution is 4.92. The monoisotopic (exact) mass is 1200 g/mol. The van der Waals surface area contributed by atoms with Crippen LogP contribution in [0.4, 0.5) is 0 Å². The van der Waals surface area contributed by atoms with Crippen LogP contribution < -0.4 is 0 Å². The normalized spacial score (nSPS) is 9.93. The van der Waals surface area contributed by atoms with E-state index in [9.17, 15) is 0 Å². The molecule has 0 saturated carbocycles. The van der Waals surface area contributed by atoms with Crippen molar-refractivity contribution < 1.29 is 75.8 Å². The quantitative estimate of drug-likeness (QED) is 0.0531. The minimum absolute atomic E-state index is 0. The average Bonchev–Trinajstić information content (AvgIpc) is 3.31. The number of rotatable bonds is 55. The van der Waals surface area contributed by atoms with Gasteiger partial charge in [0, 0.05) is 110 Å². The Hall–Kier alpha value is -0.640. The molecule has 0 aromatic heterocycles. The average molecular weight is 1200 g/mol. The molecule has 0 bridgehead atoms. The summed E-state index contributed by atoms with van der Waals surface area (Å²) >= 11 is 0. The van der Waals surface area contributed by atoms with Gasteiger partial charge in [-0.3, -0.25) is 0 Å². The second-order valence-corrected chi connectivity index (χ2v) is 16.4. The van der Waals surface area contributed by atoms with Crippen molar-refractivity contribution in [3.8, 4) is 0 Å². The summed E-state index contributed by atoms with van der Waals surface area (Å²) in [5.41, 5.74) is 0. The van der Waals surface area contributed by atoms with Gasteiger partial charge in [-0.15, -0.1) is 0 Å². The van der Waals surface area contributed by atoms with Crippen LogP contribution in [0.25, 0.3) is 0 Å². The maximum absolute atomic E-state index is 6.27. The maximum atomic E-state index is 6.27. The molecule has 16 heteroatoms. The molecule has 520 valence electrons. The predicted octanol–water partition coefficient (Wildman–Crippen LogP) is 16.3. The molecule has 81 heavy (non-hydrogen) atoms. The standard InChI is InChI=1S/C49H100O16.16CH4/c1-10-47(48(43(11-19-58-35-27-50-2)12-20-59-36-28-51-3)44(13-21-60-37-29-52-4)14-22-61-38-30-53-5)49(45(15-23-62-39-31-54-6)16-24-63-40-32-55-7)46(17-25-64-41-33-56-8)18-26-65-42-34-57-9;;;;;;;;;;;;;;;;/h43-49H,10-42H2,1-9H3;16*1H4. The topological polar surface area (TPSA) is 148 Å². The number of hydrogen-bond acceptors (Lipinski definition) is 16. The largest absolute Gasteiger partial charge is 0.382 e. The molecule has 0 amide bonds. The van der Waals surface area contributed by atoms with Crippen LogP contribution in [0.3, 0.4) is 0 Å². The summed E-state index contributed by atoms with van der Waals surface area (Å²) in [6.07, 6.45) is 8.03. The summed E-state index contributed by atoms with van der Waals surface area (Å²) in [6, 6.07) is 0. The Labute approximate surface area is 514 Å². The third kappa shape index (κ3) is 71.7. The lowest BCUT2D eigenvalue weighted by atomic mass is 9.58. The highest BCUT2D eigenvalue weighted by Crippen LogP contribution is 2.49. The Bertz CT molecular complexity index is 728. The first-order chi connectivity index (χ1) is 32.0. The smallest absolute Gasteiger partial charge is 0.0700 e. The van der Waals surface area contributed by atoms with Crippen molar-refractivity contribution in [3.05, 3.63) is 0 Å². The molecule has 0 aromatic rings. The molecule has 16 nitrogen and oxygen atoms in total. The minimum Gasteiger partial charge on any atom is -0.382 e. The van der Waals surface area contributed by atoms with E-state index in [-0.39, 0.29) is 160 Å². The van der Waals surface area contributed by atoms with E-state index in [0.717, 1.165) is 57.8 Å². The van der Waals surface area contributed by atoms with Gasteiger partial charge in [-0.1, -0.05) is 132 Å². The summed E-state index contributed by atoms with van der Waals surface area (Å²) in [5, 5.41) is 0. The zero-order valence-electron chi connectivity index (χ0n) is 42.9. The summed E-state index contributed by atoms with van der Waals surface area (Å²) in [6.45, 7) is 16.2. The third-order valence-electron chi connectivity index (χ3n) is 12.2. The van der Waals surface area contributed by atoms with Gasteiger partial charge < -0.3 is 75.8 Å². The molecule has 0 atom stereocenters. The molecule has 0 fully saturated rings. The van der Waals surface area contributed by atoms with Gasteiger partial charge in [-0.25, -0.2) is 0 Å². The number of ether oxygens (including phenoxy) is 16. The van der Waals surface area contributed by atoms with E-state index in [4.69, 9.17) is 75.8 Å². The first kappa shape index (κ1) is 126. The van der Waals surface area contributed by atoms with Crippen molar-refractivity contribution in [1.29, 1.82) is 0 Å². The van der Waals surface area contributed by atoms with E-state index in [0.29, 0.717) is 159 Å². The molecule has 0 aromatic carbocycles. The fraction of sp³-hybridized carbons (Fsp3) is 1.00. The second kappa shape index (κ2) is 101. The fourth-order valence-corrected chi connectivity index (χ4v) is 8.92. The van der Waals surface area contributed by atoms with E-state index in [2.05, 4.69) is 6.92 Å². The molecule has 0 heterocycles. The van der Waals surface area contributed by atoms with E-state index in [1.165, 1.54) is 0 Å². The fourth-order valence-electron chi connectivity index (χ4n) is 8.92. The minimum atomic E-state index is 0. The molecule has 0 rings (SSSR count). The molecule has 0 saturated heterocycles. The highest BCUT2D eigenvalue weighted by atomic mass is 16.5. The molecular formula is C65H164O16. The van der Waals surface area contributed by atoms with Crippen LogP contribution in [0.2, 0.25) is 0 Å². The predicted molar refractivity (Wildman–Crippen MR) is 361 cm³/mol. The maximum Gasteiger partial charge on any atom is 0.0700 e. The van der Waals surface area contributed by atoms with Crippen molar-refractivity contribution in [2.45, 2.75) is 184 Å². The van der Waals surface area contributed by atoms with Crippen LogP contribution in [0.15, 0.2) is 0 Å². The SMILES string of the molecule is C.C.C.C.C.C.C.C.C.C.C.C.C.C.C.C.CCC(C(C(CCOCCOC)CCOCCOC)C(CCOCCOC)CCOCCOC)C(C(CCOCCOC)CCOCCOC)C(CCOCCOC)CCOCCOC. The van der Waals surface area contributed by atoms with Crippen molar-refractivity contribution in [3.63, 3.8) is 0 Å². The number of hydrogen-bond donors (Lipinski definition) is 0. The van der Waals surface area contributed by atoms with Gasteiger partial charge in [0.05, 0.1) is 106 Å². The molecule has 0 aliphatic heterocycles. The van der Waals surface area contributed by atoms with Crippen LogP contribution in [-0.4, -0.2) is 215 Å². The summed E-state index contributed by atoms with van der Waals surface area (Å²) in [5.74, 6) is 1.87. The molecule has 0 unspecified atom stereocenters. The summed E-state index contributed by atoms with van der Waals surface area (Å²) in [4.78, 5) is 0. The van der Waals surface area contributed by atoms with Crippen molar-refractivity contribution in [1.82, 2.24) is 0 Å². The Morgan fingerprint density at radius 2 is 0.309 bits per heavy atom. The van der Waals surface area contributed by atoms with E-state index < -0.39 is 0 Å². The van der Waals surface area contributed by atoms with Gasteiger partial charge in [-0.05, 0) is 92.8 Å². The Kier molecular flexibility index (Phi) is 158. The van der Waals surface area contributed by atoms with Crippen LogP contribution in [0.1, 0.15) is 184 Å². The first-order valence-electron chi connectivity index (χ1n) is 24.6. The Morgan fingerprint density at radius 1 is 0.185 bits per heavy atom. The zero-order chi connectivity index (χ0) is 47.7. The van der Waals surface area contributed by atoms with Crippen molar-refractivity contribution in [2.24, 2.45) is 41.4 Å².